The van der Waals surface area contributed by atoms with Crippen LogP contribution in [0.5, 0.6) is 0 Å². The molecule has 0 radical (unpaired) electrons. The smallest absolute Gasteiger partial charge is 0.305 e. The number of carboxylic acid groups (broad SMARTS) is 1. The molecule has 0 aromatic carbocycles. The number of hydrogen-bond acceptors (Lipinski definition) is 3. The van der Waals surface area contributed by atoms with E-state index in [0.717, 1.165) is 12.8 Å². The highest BCUT2D eigenvalue weighted by Gasteiger charge is 2.36. The first kappa shape index (κ1) is 14.1. The van der Waals surface area contributed by atoms with Gasteiger partial charge in [0.05, 0.1) is 12.5 Å². The van der Waals surface area contributed by atoms with Gasteiger partial charge in [0.1, 0.15) is 0 Å². The van der Waals surface area contributed by atoms with Gasteiger partial charge in [0.2, 0.25) is 5.91 Å². The number of carboxylic acids is 1. The number of rotatable bonds is 5. The second-order valence-electron chi connectivity index (χ2n) is 5.36. The fourth-order valence-electron chi connectivity index (χ4n) is 2.95. The number of carbonyl (C=O) groups excluding carboxylic acids is 1. The second kappa shape index (κ2) is 6.19. The molecule has 1 heterocycles. The molecule has 0 spiro atoms. The first-order chi connectivity index (χ1) is 9.10. The summed E-state index contributed by atoms with van der Waals surface area (Å²) in [6, 6.07) is -0.222. The lowest BCUT2D eigenvalue weighted by atomic mass is 10.0. The van der Waals surface area contributed by atoms with Crippen LogP contribution in [0.2, 0.25) is 0 Å². The molecule has 106 valence electrons. The lowest BCUT2D eigenvalue weighted by Crippen LogP contribution is -2.38. The maximum absolute atomic E-state index is 12.3. The first-order valence-corrected chi connectivity index (χ1v) is 6.81. The predicted octanol–water partition coefficient (Wildman–Crippen LogP) is 1.43. The van der Waals surface area contributed by atoms with Crippen molar-refractivity contribution in [1.82, 2.24) is 4.90 Å². The van der Waals surface area contributed by atoms with Gasteiger partial charge in [0.25, 0.3) is 0 Å². The third kappa shape index (κ3) is 3.56. The highest BCUT2D eigenvalue weighted by molar-refractivity contribution is 5.78. The lowest BCUT2D eigenvalue weighted by molar-refractivity contribution is -0.140. The van der Waals surface area contributed by atoms with Gasteiger partial charge in [-0.2, -0.15) is 0 Å². The molecule has 3 atom stereocenters. The van der Waals surface area contributed by atoms with Gasteiger partial charge in [-0.3, -0.25) is 9.59 Å². The number of ether oxygens (including phenoxy) is 1. The molecule has 0 saturated carbocycles. The van der Waals surface area contributed by atoms with Crippen molar-refractivity contribution in [3.8, 4) is 0 Å². The monoisotopic (exact) mass is 267 g/mol. The molecule has 3 unspecified atom stereocenters. The maximum Gasteiger partial charge on any atom is 0.305 e. The van der Waals surface area contributed by atoms with Crippen molar-refractivity contribution >= 4 is 11.9 Å². The molecule has 2 aliphatic rings. The SMILES string of the molecule is COC1CC(CC(=O)O)N(C(=O)CC2C=CCC2)C1. The molecular formula is C14H21NO4. The molecule has 0 aromatic rings. The number of aliphatic carboxylic acids is 1. The van der Waals surface area contributed by atoms with Gasteiger partial charge >= 0.3 is 5.97 Å². The van der Waals surface area contributed by atoms with E-state index in [2.05, 4.69) is 12.2 Å². The summed E-state index contributed by atoms with van der Waals surface area (Å²) in [5.41, 5.74) is 0. The number of likely N-dealkylation sites (tertiary alicyclic amines) is 1. The molecule has 1 aliphatic heterocycles. The minimum atomic E-state index is -0.861. The Kier molecular flexibility index (Phi) is 4.58. The van der Waals surface area contributed by atoms with E-state index in [1.165, 1.54) is 0 Å². The molecule has 1 N–H and O–H groups in total. The van der Waals surface area contributed by atoms with Crippen LogP contribution < -0.4 is 0 Å². The van der Waals surface area contributed by atoms with E-state index in [4.69, 9.17) is 9.84 Å². The van der Waals surface area contributed by atoms with Crippen LogP contribution in [-0.2, 0) is 14.3 Å². The van der Waals surface area contributed by atoms with E-state index >= 15 is 0 Å². The minimum Gasteiger partial charge on any atom is -0.481 e. The van der Waals surface area contributed by atoms with E-state index in [1.807, 2.05) is 0 Å². The highest BCUT2D eigenvalue weighted by Crippen LogP contribution is 2.27. The summed E-state index contributed by atoms with van der Waals surface area (Å²) in [5, 5.41) is 8.93. The van der Waals surface area contributed by atoms with Crippen molar-refractivity contribution in [3.05, 3.63) is 12.2 Å². The Labute approximate surface area is 113 Å². The highest BCUT2D eigenvalue weighted by atomic mass is 16.5. The summed E-state index contributed by atoms with van der Waals surface area (Å²) >= 11 is 0. The molecule has 2 rings (SSSR count). The number of amides is 1. The third-order valence-electron chi connectivity index (χ3n) is 3.99. The van der Waals surface area contributed by atoms with E-state index in [9.17, 15) is 9.59 Å². The van der Waals surface area contributed by atoms with Crippen molar-refractivity contribution in [2.45, 2.75) is 44.2 Å². The van der Waals surface area contributed by atoms with Gasteiger partial charge in [-0.25, -0.2) is 0 Å². The first-order valence-electron chi connectivity index (χ1n) is 6.81. The zero-order valence-electron chi connectivity index (χ0n) is 11.2. The fourth-order valence-corrected chi connectivity index (χ4v) is 2.95. The average Bonchev–Trinajstić information content (AvgIpc) is 2.97. The topological polar surface area (TPSA) is 66.8 Å². The standard InChI is InChI=1S/C14H21NO4/c1-19-12-7-11(8-14(17)18)15(9-12)13(16)6-10-4-2-3-5-10/h2,4,10-12H,3,5-9H2,1H3,(H,17,18). The normalized spacial score (nSPS) is 29.9. The number of allylic oxidation sites excluding steroid dienone is 2. The van der Waals surface area contributed by atoms with Crippen LogP contribution in [-0.4, -0.2) is 47.7 Å². The average molecular weight is 267 g/mol. The Hall–Kier alpha value is -1.36. The number of hydrogen-bond donors (Lipinski definition) is 1. The summed E-state index contributed by atoms with van der Waals surface area (Å²) in [5.74, 6) is -0.484. The number of carbonyl (C=O) groups is 2. The summed E-state index contributed by atoms with van der Waals surface area (Å²) < 4.78 is 5.27. The van der Waals surface area contributed by atoms with Crippen molar-refractivity contribution in [1.29, 1.82) is 0 Å². The quantitative estimate of drug-likeness (QED) is 0.765. The molecule has 0 aromatic heterocycles. The van der Waals surface area contributed by atoms with Gasteiger partial charge in [-0.05, 0) is 25.2 Å². The second-order valence-corrected chi connectivity index (χ2v) is 5.36. The van der Waals surface area contributed by atoms with E-state index in [-0.39, 0.29) is 24.5 Å². The van der Waals surface area contributed by atoms with Crippen molar-refractivity contribution in [2.24, 2.45) is 5.92 Å². The van der Waals surface area contributed by atoms with Gasteiger partial charge in [-0.1, -0.05) is 12.2 Å². The van der Waals surface area contributed by atoms with Crippen LogP contribution in [0.3, 0.4) is 0 Å². The zero-order chi connectivity index (χ0) is 13.8. The maximum atomic E-state index is 12.3. The molecule has 5 heteroatoms. The van der Waals surface area contributed by atoms with Crippen LogP contribution in [0.1, 0.15) is 32.1 Å². The molecule has 0 bridgehead atoms. The fraction of sp³-hybridized carbons (Fsp3) is 0.714. The molecule has 1 fully saturated rings. The van der Waals surface area contributed by atoms with Crippen molar-refractivity contribution in [3.63, 3.8) is 0 Å². The molecule has 5 nitrogen and oxygen atoms in total. The van der Waals surface area contributed by atoms with Crippen LogP contribution in [0.4, 0.5) is 0 Å². The lowest BCUT2D eigenvalue weighted by Gasteiger charge is -2.24. The van der Waals surface area contributed by atoms with Gasteiger partial charge in [0, 0.05) is 26.1 Å². The molecule has 1 amide bonds. The molecule has 1 saturated heterocycles. The van der Waals surface area contributed by atoms with Crippen LogP contribution in [0, 0.1) is 5.92 Å². The Bertz CT molecular complexity index is 380. The zero-order valence-corrected chi connectivity index (χ0v) is 11.2. The van der Waals surface area contributed by atoms with Gasteiger partial charge in [0.15, 0.2) is 0 Å². The minimum absolute atomic E-state index is 0.00606. The summed E-state index contributed by atoms with van der Waals surface area (Å²) in [4.78, 5) is 24.9. The molecule has 19 heavy (non-hydrogen) atoms. The Morgan fingerprint density at radius 3 is 2.79 bits per heavy atom. The van der Waals surface area contributed by atoms with Crippen LogP contribution >= 0.6 is 0 Å². The van der Waals surface area contributed by atoms with Crippen LogP contribution in [0.25, 0.3) is 0 Å². The van der Waals surface area contributed by atoms with Gasteiger partial charge < -0.3 is 14.7 Å². The van der Waals surface area contributed by atoms with E-state index in [0.29, 0.717) is 25.3 Å². The Morgan fingerprint density at radius 2 is 2.21 bits per heavy atom. The molecule has 1 aliphatic carbocycles. The predicted molar refractivity (Wildman–Crippen MR) is 69.6 cm³/mol. The molecular weight excluding hydrogens is 246 g/mol. The Balaban J connectivity index is 1.96. The van der Waals surface area contributed by atoms with E-state index < -0.39 is 5.97 Å². The van der Waals surface area contributed by atoms with E-state index in [1.54, 1.807) is 12.0 Å². The largest absolute Gasteiger partial charge is 0.481 e. The van der Waals surface area contributed by atoms with Crippen molar-refractivity contribution < 1.29 is 19.4 Å². The summed E-state index contributed by atoms with van der Waals surface area (Å²) in [6.45, 7) is 0.518. The van der Waals surface area contributed by atoms with Gasteiger partial charge in [-0.15, -0.1) is 0 Å². The summed E-state index contributed by atoms with van der Waals surface area (Å²) in [7, 11) is 1.61. The number of methoxy groups -OCH3 is 1. The summed E-state index contributed by atoms with van der Waals surface area (Å²) in [6.07, 6.45) is 7.34. The Morgan fingerprint density at radius 1 is 1.42 bits per heavy atom. The van der Waals surface area contributed by atoms with Crippen molar-refractivity contribution in [2.75, 3.05) is 13.7 Å². The number of nitrogens with zero attached hydrogens (tertiary/aromatic N) is 1. The third-order valence-corrected chi connectivity index (χ3v) is 3.99. The van der Waals surface area contributed by atoms with Crippen LogP contribution in [0.15, 0.2) is 12.2 Å².